The van der Waals surface area contributed by atoms with Crippen molar-refractivity contribution in [3.8, 4) is 0 Å². The Morgan fingerprint density at radius 2 is 2.15 bits per heavy atom. The van der Waals surface area contributed by atoms with Gasteiger partial charge in [0, 0.05) is 11.3 Å². The van der Waals surface area contributed by atoms with Gasteiger partial charge in [0.05, 0.1) is 0 Å². The number of hydrogen-bond acceptors (Lipinski definition) is 3. The maximum absolute atomic E-state index is 13.1. The van der Waals surface area contributed by atoms with Crippen molar-refractivity contribution in [2.45, 2.75) is 25.3 Å². The molecule has 108 valence electrons. The van der Waals surface area contributed by atoms with Crippen molar-refractivity contribution < 1.29 is 9.18 Å². The fourth-order valence-corrected chi connectivity index (χ4v) is 2.99. The van der Waals surface area contributed by atoms with Gasteiger partial charge in [-0.05, 0) is 57.6 Å². The van der Waals surface area contributed by atoms with Crippen LogP contribution in [0.15, 0.2) is 18.2 Å². The number of likely N-dealkylation sites (tertiary alicyclic amines) is 1. The molecule has 0 aromatic heterocycles. The maximum Gasteiger partial charge on any atom is 0.246 e. The summed E-state index contributed by atoms with van der Waals surface area (Å²) < 4.78 is 13.1. The molecule has 2 aliphatic rings. The average molecular weight is 277 g/mol. The fraction of sp³-hybridized carbons (Fsp3) is 0.533. The first kappa shape index (κ1) is 13.5. The van der Waals surface area contributed by atoms with Gasteiger partial charge in [-0.15, -0.1) is 0 Å². The van der Waals surface area contributed by atoms with Gasteiger partial charge in [-0.3, -0.25) is 4.79 Å². The van der Waals surface area contributed by atoms with Crippen LogP contribution in [0.25, 0.3) is 0 Å². The van der Waals surface area contributed by atoms with Crippen LogP contribution in [0, 0.1) is 5.82 Å². The van der Waals surface area contributed by atoms with E-state index in [2.05, 4.69) is 15.5 Å². The summed E-state index contributed by atoms with van der Waals surface area (Å²) in [7, 11) is 0. The largest absolute Gasteiger partial charge is 0.324 e. The van der Waals surface area contributed by atoms with E-state index in [1.807, 2.05) is 0 Å². The van der Waals surface area contributed by atoms with Gasteiger partial charge in [-0.25, -0.2) is 4.39 Å². The second-order valence-corrected chi connectivity index (χ2v) is 5.51. The van der Waals surface area contributed by atoms with Gasteiger partial charge in [0.2, 0.25) is 5.91 Å². The number of halogens is 1. The van der Waals surface area contributed by atoms with Crippen molar-refractivity contribution in [3.05, 3.63) is 29.6 Å². The standard InChI is InChI=1S/C15H20FN3O/c16-11-4-5-12-13(10-11)18-15(20)14(12)17-6-3-9-19-7-1-2-8-19/h4-5,10,14,17H,1-3,6-9H2,(H,18,20). The van der Waals surface area contributed by atoms with Crippen molar-refractivity contribution in [3.63, 3.8) is 0 Å². The molecule has 4 nitrogen and oxygen atoms in total. The van der Waals surface area contributed by atoms with E-state index in [0.717, 1.165) is 25.1 Å². The van der Waals surface area contributed by atoms with E-state index in [9.17, 15) is 9.18 Å². The van der Waals surface area contributed by atoms with E-state index in [4.69, 9.17) is 0 Å². The molecule has 2 heterocycles. The number of hydrogen-bond donors (Lipinski definition) is 2. The van der Waals surface area contributed by atoms with Gasteiger partial charge in [-0.2, -0.15) is 0 Å². The van der Waals surface area contributed by atoms with Gasteiger partial charge < -0.3 is 15.5 Å². The lowest BCUT2D eigenvalue weighted by molar-refractivity contribution is -0.117. The predicted molar refractivity (Wildman–Crippen MR) is 76.1 cm³/mol. The van der Waals surface area contributed by atoms with Crippen molar-refractivity contribution in [1.29, 1.82) is 0 Å². The predicted octanol–water partition coefficient (Wildman–Crippen LogP) is 1.89. The van der Waals surface area contributed by atoms with Gasteiger partial charge in [-0.1, -0.05) is 6.07 Å². The van der Waals surface area contributed by atoms with Crippen molar-refractivity contribution >= 4 is 11.6 Å². The summed E-state index contributed by atoms with van der Waals surface area (Å²) in [6, 6.07) is 4.11. The summed E-state index contributed by atoms with van der Waals surface area (Å²) in [5, 5.41) is 5.99. The summed E-state index contributed by atoms with van der Waals surface area (Å²) in [5.41, 5.74) is 1.43. The van der Waals surface area contributed by atoms with E-state index < -0.39 is 0 Å². The Morgan fingerprint density at radius 3 is 2.95 bits per heavy atom. The molecule has 0 bridgehead atoms. The Kier molecular flexibility index (Phi) is 3.98. The smallest absolute Gasteiger partial charge is 0.246 e. The van der Waals surface area contributed by atoms with Crippen molar-refractivity contribution in [1.82, 2.24) is 10.2 Å². The molecule has 0 saturated carbocycles. The van der Waals surface area contributed by atoms with Crippen molar-refractivity contribution in [2.24, 2.45) is 0 Å². The van der Waals surface area contributed by atoms with Crippen molar-refractivity contribution in [2.75, 3.05) is 31.5 Å². The maximum atomic E-state index is 13.1. The zero-order valence-electron chi connectivity index (χ0n) is 11.5. The zero-order valence-corrected chi connectivity index (χ0v) is 11.5. The SMILES string of the molecule is O=C1Nc2cc(F)ccc2C1NCCCN1CCCC1. The summed E-state index contributed by atoms with van der Waals surface area (Å²) in [4.78, 5) is 14.3. The fourth-order valence-electron chi connectivity index (χ4n) is 2.99. The number of benzene rings is 1. The summed E-state index contributed by atoms with van der Waals surface area (Å²) in [6.45, 7) is 4.28. The van der Waals surface area contributed by atoms with Gasteiger partial charge in [0.1, 0.15) is 11.9 Å². The third kappa shape index (κ3) is 2.83. The second kappa shape index (κ2) is 5.89. The van der Waals surface area contributed by atoms with Crippen LogP contribution in [0.2, 0.25) is 0 Å². The van der Waals surface area contributed by atoms with Crippen LogP contribution in [0.5, 0.6) is 0 Å². The third-order valence-corrected chi connectivity index (χ3v) is 4.04. The molecule has 1 atom stereocenters. The summed E-state index contributed by atoms with van der Waals surface area (Å²) in [6.07, 6.45) is 3.63. The Bertz CT molecular complexity index is 500. The Morgan fingerprint density at radius 1 is 1.35 bits per heavy atom. The Hall–Kier alpha value is -1.46. The first-order valence-electron chi connectivity index (χ1n) is 7.30. The normalized spacial score (nSPS) is 22.1. The van der Waals surface area contributed by atoms with Crippen LogP contribution in [-0.4, -0.2) is 37.0 Å². The van der Waals surface area contributed by atoms with Crippen LogP contribution < -0.4 is 10.6 Å². The number of rotatable bonds is 5. The monoisotopic (exact) mass is 277 g/mol. The van der Waals surface area contributed by atoms with Crippen LogP contribution in [-0.2, 0) is 4.79 Å². The van der Waals surface area contributed by atoms with E-state index >= 15 is 0 Å². The molecule has 1 fully saturated rings. The zero-order chi connectivity index (χ0) is 13.9. The number of fused-ring (bicyclic) bond motifs is 1. The molecule has 1 aromatic rings. The molecule has 1 aromatic carbocycles. The highest BCUT2D eigenvalue weighted by Crippen LogP contribution is 2.31. The number of carbonyl (C=O) groups is 1. The average Bonchev–Trinajstić information content (AvgIpc) is 3.02. The summed E-state index contributed by atoms with van der Waals surface area (Å²) in [5.74, 6) is -0.412. The number of amides is 1. The molecule has 3 rings (SSSR count). The lowest BCUT2D eigenvalue weighted by atomic mass is 10.1. The van der Waals surface area contributed by atoms with Gasteiger partial charge in [0.15, 0.2) is 0 Å². The van der Waals surface area contributed by atoms with Crippen LogP contribution >= 0.6 is 0 Å². The van der Waals surface area contributed by atoms with Crippen LogP contribution in [0.3, 0.4) is 0 Å². The minimum absolute atomic E-state index is 0.0910. The van der Waals surface area contributed by atoms with Crippen LogP contribution in [0.4, 0.5) is 10.1 Å². The molecule has 1 saturated heterocycles. The number of carbonyl (C=O) groups excluding carboxylic acids is 1. The highest BCUT2D eigenvalue weighted by Gasteiger charge is 2.30. The Labute approximate surface area is 118 Å². The molecule has 0 aliphatic carbocycles. The second-order valence-electron chi connectivity index (χ2n) is 5.51. The van der Waals surface area contributed by atoms with Crippen LogP contribution in [0.1, 0.15) is 30.9 Å². The topological polar surface area (TPSA) is 44.4 Å². The molecule has 2 N–H and O–H groups in total. The van der Waals surface area contributed by atoms with Gasteiger partial charge in [0.25, 0.3) is 0 Å². The molecule has 0 radical (unpaired) electrons. The minimum atomic E-state index is -0.343. The first-order valence-corrected chi connectivity index (χ1v) is 7.30. The molecule has 20 heavy (non-hydrogen) atoms. The molecule has 0 spiro atoms. The molecular formula is C15H20FN3O. The highest BCUT2D eigenvalue weighted by molar-refractivity contribution is 6.02. The first-order chi connectivity index (χ1) is 9.74. The summed E-state index contributed by atoms with van der Waals surface area (Å²) >= 11 is 0. The quantitative estimate of drug-likeness (QED) is 0.808. The van der Waals surface area contributed by atoms with E-state index in [-0.39, 0.29) is 17.8 Å². The number of anilines is 1. The van der Waals surface area contributed by atoms with E-state index in [1.54, 1.807) is 6.07 Å². The molecule has 5 heteroatoms. The Balaban J connectivity index is 1.51. The molecule has 1 unspecified atom stereocenters. The minimum Gasteiger partial charge on any atom is -0.324 e. The van der Waals surface area contributed by atoms with E-state index in [0.29, 0.717) is 5.69 Å². The molecular weight excluding hydrogens is 257 g/mol. The number of nitrogens with zero attached hydrogens (tertiary/aromatic N) is 1. The lowest BCUT2D eigenvalue weighted by Gasteiger charge is -2.16. The van der Waals surface area contributed by atoms with Gasteiger partial charge >= 0.3 is 0 Å². The molecule has 2 aliphatic heterocycles. The molecule has 1 amide bonds. The third-order valence-electron chi connectivity index (χ3n) is 4.04. The highest BCUT2D eigenvalue weighted by atomic mass is 19.1. The number of nitrogens with one attached hydrogen (secondary N) is 2. The lowest BCUT2D eigenvalue weighted by Crippen LogP contribution is -2.30. The van der Waals surface area contributed by atoms with E-state index in [1.165, 1.54) is 38.1 Å².